The lowest BCUT2D eigenvalue weighted by molar-refractivity contribution is 0.0381. The Morgan fingerprint density at radius 1 is 1.53 bits per heavy atom. The van der Waals surface area contributed by atoms with Crippen LogP contribution in [-0.4, -0.2) is 17.2 Å². The van der Waals surface area contributed by atoms with Crippen LogP contribution in [-0.2, 0) is 4.74 Å². The summed E-state index contributed by atoms with van der Waals surface area (Å²) in [4.78, 5) is 11.6. The van der Waals surface area contributed by atoms with Gasteiger partial charge in [0.1, 0.15) is 0 Å². The van der Waals surface area contributed by atoms with Gasteiger partial charge in [-0.15, -0.1) is 11.3 Å². The molecule has 0 fully saturated rings. The fourth-order valence-electron chi connectivity index (χ4n) is 1.25. The Balaban J connectivity index is 2.38. The topological polar surface area (TPSA) is 46.5 Å². The second-order valence-electron chi connectivity index (χ2n) is 3.39. The van der Waals surface area contributed by atoms with Crippen LogP contribution >= 0.6 is 22.7 Å². The van der Waals surface area contributed by atoms with E-state index in [1.54, 1.807) is 11.4 Å². The molecule has 2 aromatic heterocycles. The zero-order valence-corrected chi connectivity index (χ0v) is 9.95. The lowest BCUT2D eigenvalue weighted by atomic mass is 10.2. The molecule has 80 valence electrons. The van der Waals surface area contributed by atoms with Crippen LogP contribution < -0.4 is 0 Å². The van der Waals surface area contributed by atoms with Gasteiger partial charge in [-0.25, -0.2) is 4.79 Å². The number of hydrogen-bond donors (Lipinski definition) is 1. The molecule has 2 rings (SSSR count). The monoisotopic (exact) mass is 242 g/mol. The summed E-state index contributed by atoms with van der Waals surface area (Å²) in [7, 11) is 0. The number of carbonyl (C=O) groups is 1. The normalized spacial score (nSPS) is 11.1. The largest absolute Gasteiger partial charge is 0.499 e. The van der Waals surface area contributed by atoms with Crippen LogP contribution in [0.3, 0.4) is 0 Å². The highest BCUT2D eigenvalue weighted by atomic mass is 32.2. The highest BCUT2D eigenvalue weighted by Gasteiger charge is 2.16. The molecule has 0 aliphatic carbocycles. The van der Waals surface area contributed by atoms with E-state index in [-0.39, 0.29) is 17.1 Å². The predicted octanol–water partition coefficient (Wildman–Crippen LogP) is 3.23. The number of aromatic hydroxyl groups is 1. The summed E-state index contributed by atoms with van der Waals surface area (Å²) in [6.07, 6.45) is -0.125. The molecule has 3 nitrogen and oxygen atoms in total. The van der Waals surface area contributed by atoms with E-state index in [4.69, 9.17) is 4.74 Å². The van der Waals surface area contributed by atoms with E-state index in [0.717, 1.165) is 9.40 Å². The second-order valence-corrected chi connectivity index (χ2v) is 5.56. The molecule has 1 N–H and O–H groups in total. The van der Waals surface area contributed by atoms with Crippen molar-refractivity contribution in [2.45, 2.75) is 20.0 Å². The number of fused-ring (bicyclic) bond motifs is 1. The van der Waals surface area contributed by atoms with Crippen LogP contribution in [0.5, 0.6) is 5.06 Å². The Labute approximate surface area is 94.9 Å². The number of thiophene rings is 2. The van der Waals surface area contributed by atoms with Gasteiger partial charge in [-0.05, 0) is 13.8 Å². The summed E-state index contributed by atoms with van der Waals surface area (Å²) in [5.41, 5.74) is 0.542. The minimum Gasteiger partial charge on any atom is -0.499 e. The van der Waals surface area contributed by atoms with Crippen molar-refractivity contribution < 1.29 is 14.6 Å². The molecule has 0 radical (unpaired) electrons. The molecule has 0 aliphatic rings. The molecular formula is C10H10O3S2. The highest BCUT2D eigenvalue weighted by molar-refractivity contribution is 7.38. The van der Waals surface area contributed by atoms with Crippen molar-refractivity contribution in [2.75, 3.05) is 0 Å². The lowest BCUT2D eigenvalue weighted by Crippen LogP contribution is -2.10. The first-order chi connectivity index (χ1) is 7.08. The third-order valence-electron chi connectivity index (χ3n) is 1.82. The average Bonchev–Trinajstić information content (AvgIpc) is 2.60. The molecule has 0 saturated carbocycles. The maximum absolute atomic E-state index is 11.6. The maximum Gasteiger partial charge on any atom is 0.339 e. The summed E-state index contributed by atoms with van der Waals surface area (Å²) in [6.45, 7) is 3.62. The third kappa shape index (κ3) is 1.98. The van der Waals surface area contributed by atoms with Crippen molar-refractivity contribution in [1.29, 1.82) is 0 Å². The third-order valence-corrected chi connectivity index (χ3v) is 3.88. The SMILES string of the molecule is CC(C)OC(=O)c1csc2sc(O)cc12. The van der Waals surface area contributed by atoms with Crippen molar-refractivity contribution in [3.63, 3.8) is 0 Å². The fraction of sp³-hybridized carbons (Fsp3) is 0.300. The maximum atomic E-state index is 11.6. The predicted molar refractivity (Wildman–Crippen MR) is 61.9 cm³/mol. The van der Waals surface area contributed by atoms with E-state index in [9.17, 15) is 9.90 Å². The second kappa shape index (κ2) is 3.83. The highest BCUT2D eigenvalue weighted by Crippen LogP contribution is 2.37. The molecule has 2 heterocycles. The van der Waals surface area contributed by atoms with Crippen molar-refractivity contribution in [3.8, 4) is 5.06 Å². The van der Waals surface area contributed by atoms with Crippen LogP contribution in [0.4, 0.5) is 0 Å². The van der Waals surface area contributed by atoms with Gasteiger partial charge >= 0.3 is 5.97 Å². The molecule has 15 heavy (non-hydrogen) atoms. The molecule has 5 heteroatoms. The van der Waals surface area contributed by atoms with Gasteiger partial charge in [0, 0.05) is 16.8 Å². The van der Waals surface area contributed by atoms with Crippen LogP contribution in [0.2, 0.25) is 0 Å². The molecule has 0 amide bonds. The summed E-state index contributed by atoms with van der Waals surface area (Å²) >= 11 is 2.72. The Hall–Kier alpha value is -1.07. The first-order valence-electron chi connectivity index (χ1n) is 4.49. The molecule has 0 unspecified atom stereocenters. The van der Waals surface area contributed by atoms with Gasteiger partial charge in [0.2, 0.25) is 0 Å². The molecule has 0 aliphatic heterocycles. The van der Waals surface area contributed by atoms with E-state index >= 15 is 0 Å². The standard InChI is InChI=1S/C10H10O3S2/c1-5(2)13-9(12)7-4-14-10-6(7)3-8(11)15-10/h3-5,11H,1-2H3. The molecule has 0 bridgehead atoms. The molecule has 0 atom stereocenters. The number of esters is 1. The Morgan fingerprint density at radius 2 is 2.27 bits per heavy atom. The molecular weight excluding hydrogens is 232 g/mol. The summed E-state index contributed by atoms with van der Waals surface area (Å²) in [5, 5.41) is 12.1. The first-order valence-corrected chi connectivity index (χ1v) is 6.18. The van der Waals surface area contributed by atoms with Crippen LogP contribution in [0, 0.1) is 0 Å². The zero-order valence-electron chi connectivity index (χ0n) is 8.31. The van der Waals surface area contributed by atoms with E-state index in [2.05, 4.69) is 0 Å². The zero-order chi connectivity index (χ0) is 11.0. The van der Waals surface area contributed by atoms with Crippen molar-refractivity contribution >= 4 is 38.0 Å². The van der Waals surface area contributed by atoms with Crippen molar-refractivity contribution in [3.05, 3.63) is 17.0 Å². The van der Waals surface area contributed by atoms with Crippen molar-refractivity contribution in [1.82, 2.24) is 0 Å². The lowest BCUT2D eigenvalue weighted by Gasteiger charge is -2.05. The molecule has 2 aromatic rings. The van der Waals surface area contributed by atoms with Gasteiger partial charge in [0.05, 0.1) is 15.7 Å². The van der Waals surface area contributed by atoms with Crippen molar-refractivity contribution in [2.24, 2.45) is 0 Å². The number of ether oxygens (including phenoxy) is 1. The van der Waals surface area contributed by atoms with E-state index in [0.29, 0.717) is 5.56 Å². The van der Waals surface area contributed by atoms with Gasteiger partial charge < -0.3 is 9.84 Å². The fourth-order valence-corrected chi connectivity index (χ4v) is 3.23. The van der Waals surface area contributed by atoms with E-state index < -0.39 is 0 Å². The van der Waals surface area contributed by atoms with E-state index in [1.165, 1.54) is 22.7 Å². The van der Waals surface area contributed by atoms with Gasteiger partial charge in [0.15, 0.2) is 5.06 Å². The minimum absolute atomic E-state index is 0.125. The van der Waals surface area contributed by atoms with Crippen LogP contribution in [0.25, 0.3) is 9.40 Å². The molecule has 0 aromatic carbocycles. The minimum atomic E-state index is -0.325. The average molecular weight is 242 g/mol. The first kappa shape index (κ1) is 10.4. The Morgan fingerprint density at radius 3 is 2.93 bits per heavy atom. The Kier molecular flexibility index (Phi) is 2.67. The summed E-state index contributed by atoms with van der Waals surface area (Å²) < 4.78 is 6.05. The number of carbonyl (C=O) groups excluding carboxylic acids is 1. The number of hydrogen-bond acceptors (Lipinski definition) is 5. The van der Waals surface area contributed by atoms with Crippen LogP contribution in [0.15, 0.2) is 11.4 Å². The molecule has 0 spiro atoms. The summed E-state index contributed by atoms with van der Waals surface area (Å²) in [6, 6.07) is 1.60. The van der Waals surface area contributed by atoms with Gasteiger partial charge in [0.25, 0.3) is 0 Å². The smallest absolute Gasteiger partial charge is 0.339 e. The summed E-state index contributed by atoms with van der Waals surface area (Å²) in [5.74, 6) is -0.325. The van der Waals surface area contributed by atoms with Gasteiger partial charge in [-0.1, -0.05) is 11.3 Å². The molecule has 0 saturated heterocycles. The quantitative estimate of drug-likeness (QED) is 0.822. The van der Waals surface area contributed by atoms with E-state index in [1.807, 2.05) is 13.8 Å². The Bertz CT molecular complexity index is 496. The van der Waals surface area contributed by atoms with Gasteiger partial charge in [-0.2, -0.15) is 0 Å². The number of rotatable bonds is 2. The van der Waals surface area contributed by atoms with Gasteiger partial charge in [-0.3, -0.25) is 0 Å². The van der Waals surface area contributed by atoms with Crippen LogP contribution in [0.1, 0.15) is 24.2 Å².